The van der Waals surface area contributed by atoms with E-state index in [1.165, 1.54) is 17.0 Å². The average Bonchev–Trinajstić information content (AvgIpc) is 2.11. The molecule has 1 amide bonds. The van der Waals surface area contributed by atoms with Gasteiger partial charge in [0.15, 0.2) is 0 Å². The molecule has 1 aromatic rings. The number of benzene rings is 1. The molecule has 0 aliphatic carbocycles. The summed E-state index contributed by atoms with van der Waals surface area (Å²) in [6, 6.07) is 3.73. The van der Waals surface area contributed by atoms with Crippen LogP contribution in [0.3, 0.4) is 0 Å². The van der Waals surface area contributed by atoms with Gasteiger partial charge < -0.3 is 20.2 Å². The maximum atomic E-state index is 11.8. The van der Waals surface area contributed by atoms with Crippen molar-refractivity contribution < 1.29 is 20.1 Å². The van der Waals surface area contributed by atoms with Crippen LogP contribution in [0.4, 0.5) is 0 Å². The van der Waals surface area contributed by atoms with E-state index in [-0.39, 0.29) is 36.1 Å². The predicted octanol–water partition coefficient (Wildman–Crippen LogP) is 0.305. The van der Waals surface area contributed by atoms with E-state index in [0.29, 0.717) is 0 Å². The molecule has 1 aliphatic rings. The van der Waals surface area contributed by atoms with Crippen LogP contribution in [0, 0.1) is 0 Å². The number of likely N-dealkylation sites (tertiary alicyclic amines) is 1. The molecular weight excluding hydrogens is 210 g/mol. The van der Waals surface area contributed by atoms with Gasteiger partial charge >= 0.3 is 0 Å². The van der Waals surface area contributed by atoms with E-state index in [0.717, 1.165) is 6.07 Å². The summed E-state index contributed by atoms with van der Waals surface area (Å²) in [5, 5.41) is 28.0. The van der Waals surface area contributed by atoms with Gasteiger partial charge in [0.25, 0.3) is 5.91 Å². The fourth-order valence-electron chi connectivity index (χ4n) is 1.82. The highest BCUT2D eigenvalue weighted by Crippen LogP contribution is 2.26. The highest BCUT2D eigenvalue weighted by atomic mass is 16.3. The number of phenols is 2. The standard InChI is InChI=1S/C11H13NO4/c1-11(16)5-12(6-11)10(15)7-2-8(13)4-9(14)3-7/h2-4,13-14,16H,5-6H2,1H3. The van der Waals surface area contributed by atoms with Crippen LogP contribution in [0.1, 0.15) is 17.3 Å². The molecule has 3 N–H and O–H groups in total. The van der Waals surface area contributed by atoms with Crippen molar-refractivity contribution in [3.05, 3.63) is 23.8 Å². The van der Waals surface area contributed by atoms with Crippen LogP contribution in [0.25, 0.3) is 0 Å². The van der Waals surface area contributed by atoms with Crippen LogP contribution in [0.5, 0.6) is 11.5 Å². The van der Waals surface area contributed by atoms with Crippen molar-refractivity contribution in [1.29, 1.82) is 0 Å². The third kappa shape index (κ3) is 1.94. The molecular formula is C11H13NO4. The first-order chi connectivity index (χ1) is 7.37. The maximum Gasteiger partial charge on any atom is 0.254 e. The summed E-state index contributed by atoms with van der Waals surface area (Å²) in [6.45, 7) is 2.18. The van der Waals surface area contributed by atoms with Crippen molar-refractivity contribution in [2.75, 3.05) is 13.1 Å². The molecule has 1 saturated heterocycles. The van der Waals surface area contributed by atoms with E-state index in [4.69, 9.17) is 0 Å². The van der Waals surface area contributed by atoms with E-state index < -0.39 is 5.60 Å². The Morgan fingerprint density at radius 2 is 1.75 bits per heavy atom. The number of phenolic OH excluding ortho intramolecular Hbond substituents is 2. The molecule has 1 fully saturated rings. The number of aromatic hydroxyl groups is 2. The summed E-state index contributed by atoms with van der Waals surface area (Å²) in [7, 11) is 0. The zero-order valence-electron chi connectivity index (χ0n) is 8.84. The van der Waals surface area contributed by atoms with Crippen LogP contribution in [0.2, 0.25) is 0 Å². The predicted molar refractivity (Wildman–Crippen MR) is 56.3 cm³/mol. The monoisotopic (exact) mass is 223 g/mol. The van der Waals surface area contributed by atoms with E-state index in [9.17, 15) is 20.1 Å². The molecule has 0 spiro atoms. The summed E-state index contributed by atoms with van der Waals surface area (Å²) in [5.41, 5.74) is -0.609. The molecule has 0 unspecified atom stereocenters. The van der Waals surface area contributed by atoms with Crippen molar-refractivity contribution in [2.45, 2.75) is 12.5 Å². The summed E-state index contributed by atoms with van der Waals surface area (Å²) in [5.74, 6) is -0.621. The van der Waals surface area contributed by atoms with Gasteiger partial charge in [0, 0.05) is 11.6 Å². The lowest BCUT2D eigenvalue weighted by molar-refractivity contribution is -0.0668. The molecule has 0 aromatic heterocycles. The van der Waals surface area contributed by atoms with Gasteiger partial charge in [-0.1, -0.05) is 0 Å². The highest BCUT2D eigenvalue weighted by Gasteiger charge is 2.39. The first kappa shape index (κ1) is 10.8. The topological polar surface area (TPSA) is 81.0 Å². The number of aliphatic hydroxyl groups is 1. The second-order valence-corrected chi connectivity index (χ2v) is 4.40. The average molecular weight is 223 g/mol. The molecule has 1 heterocycles. The summed E-state index contributed by atoms with van der Waals surface area (Å²) < 4.78 is 0. The first-order valence-electron chi connectivity index (χ1n) is 4.92. The van der Waals surface area contributed by atoms with Gasteiger partial charge in [0.1, 0.15) is 11.5 Å². The van der Waals surface area contributed by atoms with Gasteiger partial charge in [-0.2, -0.15) is 0 Å². The van der Waals surface area contributed by atoms with Gasteiger partial charge in [-0.3, -0.25) is 4.79 Å². The van der Waals surface area contributed by atoms with Crippen molar-refractivity contribution >= 4 is 5.91 Å². The van der Waals surface area contributed by atoms with Gasteiger partial charge in [0.05, 0.1) is 18.7 Å². The third-order valence-electron chi connectivity index (χ3n) is 2.50. The van der Waals surface area contributed by atoms with E-state index in [1.807, 2.05) is 0 Å². The van der Waals surface area contributed by atoms with Crippen molar-refractivity contribution in [3.8, 4) is 11.5 Å². The Labute approximate surface area is 92.6 Å². The van der Waals surface area contributed by atoms with E-state index in [2.05, 4.69) is 0 Å². The third-order valence-corrected chi connectivity index (χ3v) is 2.50. The van der Waals surface area contributed by atoms with E-state index in [1.54, 1.807) is 6.92 Å². The molecule has 0 saturated carbocycles. The van der Waals surface area contributed by atoms with Gasteiger partial charge in [-0.25, -0.2) is 0 Å². The smallest absolute Gasteiger partial charge is 0.254 e. The largest absolute Gasteiger partial charge is 0.508 e. The lowest BCUT2D eigenvalue weighted by atomic mass is 9.96. The van der Waals surface area contributed by atoms with Crippen LogP contribution in [-0.2, 0) is 0 Å². The zero-order valence-corrected chi connectivity index (χ0v) is 8.84. The minimum atomic E-state index is -0.825. The second-order valence-electron chi connectivity index (χ2n) is 4.40. The lowest BCUT2D eigenvalue weighted by Crippen LogP contribution is -2.61. The number of hydrogen-bond donors (Lipinski definition) is 3. The Hall–Kier alpha value is -1.75. The second kappa shape index (κ2) is 3.38. The SMILES string of the molecule is CC1(O)CN(C(=O)c2cc(O)cc(O)c2)C1. The zero-order chi connectivity index (χ0) is 11.9. The van der Waals surface area contributed by atoms with Crippen molar-refractivity contribution in [3.63, 3.8) is 0 Å². The van der Waals surface area contributed by atoms with Crippen molar-refractivity contribution in [1.82, 2.24) is 4.90 Å². The van der Waals surface area contributed by atoms with Crippen LogP contribution in [-0.4, -0.2) is 44.8 Å². The molecule has 0 atom stereocenters. The molecule has 5 nitrogen and oxygen atoms in total. The maximum absolute atomic E-state index is 11.8. The number of rotatable bonds is 1. The fraction of sp³-hybridized carbons (Fsp3) is 0.364. The van der Waals surface area contributed by atoms with Crippen LogP contribution in [0.15, 0.2) is 18.2 Å². The number of nitrogens with zero attached hydrogens (tertiary/aromatic N) is 1. The molecule has 0 radical (unpaired) electrons. The Balaban J connectivity index is 2.16. The fourth-order valence-corrected chi connectivity index (χ4v) is 1.82. The number of carbonyl (C=O) groups excluding carboxylic acids is 1. The highest BCUT2D eigenvalue weighted by molar-refractivity contribution is 5.95. The summed E-state index contributed by atoms with van der Waals surface area (Å²) in [4.78, 5) is 13.3. The Kier molecular flexibility index (Phi) is 2.27. The minimum Gasteiger partial charge on any atom is -0.508 e. The quantitative estimate of drug-likeness (QED) is 0.639. The number of amides is 1. The molecule has 1 aliphatic heterocycles. The Morgan fingerprint density at radius 1 is 1.25 bits per heavy atom. The normalized spacial score (nSPS) is 18.0. The minimum absolute atomic E-state index is 0.157. The Morgan fingerprint density at radius 3 is 2.19 bits per heavy atom. The number of β-amino-alcohol motifs (C(OH)–C–C–N with tert-alkyl or cyclic N) is 1. The van der Waals surface area contributed by atoms with E-state index >= 15 is 0 Å². The summed E-state index contributed by atoms with van der Waals surface area (Å²) in [6.07, 6.45) is 0. The van der Waals surface area contributed by atoms with Gasteiger partial charge in [-0.05, 0) is 19.1 Å². The molecule has 16 heavy (non-hydrogen) atoms. The van der Waals surface area contributed by atoms with Gasteiger partial charge in [-0.15, -0.1) is 0 Å². The molecule has 2 rings (SSSR count). The number of carbonyl (C=O) groups is 1. The van der Waals surface area contributed by atoms with Crippen molar-refractivity contribution in [2.24, 2.45) is 0 Å². The molecule has 1 aromatic carbocycles. The lowest BCUT2D eigenvalue weighted by Gasteiger charge is -2.44. The molecule has 0 bridgehead atoms. The Bertz CT molecular complexity index is 413. The summed E-state index contributed by atoms with van der Waals surface area (Å²) >= 11 is 0. The molecule has 86 valence electrons. The molecule has 5 heteroatoms. The van der Waals surface area contributed by atoms with Crippen LogP contribution >= 0.6 is 0 Å². The first-order valence-corrected chi connectivity index (χ1v) is 4.92. The number of hydrogen-bond acceptors (Lipinski definition) is 4. The van der Waals surface area contributed by atoms with Crippen LogP contribution < -0.4 is 0 Å². The van der Waals surface area contributed by atoms with Gasteiger partial charge in [0.2, 0.25) is 0 Å².